The van der Waals surface area contributed by atoms with Gasteiger partial charge in [-0.25, -0.2) is 4.79 Å². The van der Waals surface area contributed by atoms with Crippen LogP contribution in [0.2, 0.25) is 0 Å². The molecule has 7 N–H and O–H groups in total. The Balaban J connectivity index is 2.19. The number of aliphatic hydroxyl groups is 3. The van der Waals surface area contributed by atoms with Crippen LogP contribution in [0, 0.1) is 24.7 Å². The molecule has 0 spiro atoms. The van der Waals surface area contributed by atoms with Crippen molar-refractivity contribution >= 4 is 52.7 Å². The van der Waals surface area contributed by atoms with E-state index in [9.17, 15) is 59.1 Å². The van der Waals surface area contributed by atoms with E-state index in [0.29, 0.717) is 17.3 Å². The molecule has 7 atom stereocenters. The Labute approximate surface area is 347 Å². The molecule has 1 aromatic carbocycles. The lowest BCUT2D eigenvalue weighted by Crippen LogP contribution is -2.42. The van der Waals surface area contributed by atoms with Crippen LogP contribution in [-0.2, 0) is 19.2 Å². The number of phenols is 1. The lowest BCUT2D eigenvalue weighted by Gasteiger charge is -2.25. The minimum Gasteiger partial charge on any atom is -0.507 e. The number of carboxylic acid groups (broad SMARTS) is 1. The topological polar surface area (TPSA) is 245 Å². The minimum absolute atomic E-state index is 0.00628. The van der Waals surface area contributed by atoms with E-state index in [4.69, 9.17) is 0 Å². The molecular weight excluding hydrogens is 781 g/mol. The fourth-order valence-electron chi connectivity index (χ4n) is 6.24. The number of carbonyl (C=O) groups excluding carboxylic acids is 6. The van der Waals surface area contributed by atoms with Crippen molar-refractivity contribution in [2.75, 3.05) is 5.75 Å². The van der Waals surface area contributed by atoms with Crippen molar-refractivity contribution < 1.29 is 59.1 Å². The summed E-state index contributed by atoms with van der Waals surface area (Å²) < 4.78 is 0. The van der Waals surface area contributed by atoms with Gasteiger partial charge in [-0.15, -0.1) is 11.8 Å². The fraction of sp³-hybridized carbons (Fsp3) is 0.386. The van der Waals surface area contributed by atoms with E-state index in [1.807, 2.05) is 0 Å². The lowest BCUT2D eigenvalue weighted by atomic mass is 9.83. The number of benzene rings is 1. The van der Waals surface area contributed by atoms with Crippen LogP contribution in [0.25, 0.3) is 0 Å². The summed E-state index contributed by atoms with van der Waals surface area (Å²) in [4.78, 5) is 92.0. The van der Waals surface area contributed by atoms with Gasteiger partial charge in [-0.1, -0.05) is 75.5 Å². The minimum atomic E-state index is -1.52. The Morgan fingerprint density at radius 2 is 1.51 bits per heavy atom. The molecule has 4 bridgehead atoms. The molecule has 4 rings (SSSR count). The van der Waals surface area contributed by atoms with Crippen LogP contribution in [0.1, 0.15) is 91.0 Å². The van der Waals surface area contributed by atoms with Gasteiger partial charge >= 0.3 is 5.97 Å². The molecule has 2 amide bonds. The van der Waals surface area contributed by atoms with Crippen LogP contribution < -0.4 is 10.6 Å². The number of aromatic hydroxyl groups is 1. The molecule has 0 unspecified atom stereocenters. The average molecular weight is 833 g/mol. The van der Waals surface area contributed by atoms with Gasteiger partial charge in [0.15, 0.2) is 11.6 Å². The Bertz CT molecular complexity index is 2090. The Morgan fingerprint density at radius 1 is 0.847 bits per heavy atom. The molecule has 14 nitrogen and oxygen atoms in total. The number of nitrogens with one attached hydrogen (secondary N) is 2. The van der Waals surface area contributed by atoms with Crippen molar-refractivity contribution in [3.63, 3.8) is 0 Å². The number of allylic oxidation sites excluding steroid dienone is 8. The van der Waals surface area contributed by atoms with E-state index in [1.165, 1.54) is 44.2 Å². The first-order valence-electron chi connectivity index (χ1n) is 19.0. The van der Waals surface area contributed by atoms with Crippen LogP contribution in [0.15, 0.2) is 88.6 Å². The van der Waals surface area contributed by atoms with E-state index in [0.717, 1.165) is 13.0 Å². The molecule has 15 heteroatoms. The van der Waals surface area contributed by atoms with Gasteiger partial charge in [0.05, 0.1) is 28.8 Å². The Hall–Kier alpha value is -5.48. The van der Waals surface area contributed by atoms with Gasteiger partial charge in [0.2, 0.25) is 23.4 Å². The summed E-state index contributed by atoms with van der Waals surface area (Å²) in [6.45, 7) is 10.6. The number of fused-ring (bicyclic) bond motifs is 18. The molecular formula is C44H52N2O12S. The van der Waals surface area contributed by atoms with Crippen molar-refractivity contribution in [3.8, 4) is 5.75 Å². The molecule has 0 radical (unpaired) electrons. The lowest BCUT2D eigenvalue weighted by molar-refractivity contribution is -0.140. The number of amides is 2. The maximum absolute atomic E-state index is 14.4. The van der Waals surface area contributed by atoms with Crippen LogP contribution in [0.5, 0.6) is 5.75 Å². The van der Waals surface area contributed by atoms with Crippen molar-refractivity contribution in [1.82, 2.24) is 10.6 Å². The van der Waals surface area contributed by atoms with E-state index >= 15 is 0 Å². The molecule has 3 aliphatic rings. The van der Waals surface area contributed by atoms with Crippen LogP contribution in [0.4, 0.5) is 0 Å². The molecule has 1 aromatic rings. The number of carbonyl (C=O) groups is 7. The zero-order chi connectivity index (χ0) is 44.3. The van der Waals surface area contributed by atoms with Crippen molar-refractivity contribution in [2.45, 2.75) is 85.7 Å². The first kappa shape index (κ1) is 47.9. The summed E-state index contributed by atoms with van der Waals surface area (Å²) in [6, 6.07) is -0.315. The third-order valence-corrected chi connectivity index (χ3v) is 11.0. The number of aryl methyl sites for hydroxylation is 1. The molecule has 0 aromatic heterocycles. The van der Waals surface area contributed by atoms with E-state index in [-0.39, 0.29) is 35.3 Å². The Morgan fingerprint density at radius 3 is 2.15 bits per heavy atom. The summed E-state index contributed by atoms with van der Waals surface area (Å²) >= 11 is 0.556. The number of aliphatic hydroxyl groups excluding tert-OH is 3. The molecule has 316 valence electrons. The fourth-order valence-corrected chi connectivity index (χ4v) is 7.32. The van der Waals surface area contributed by atoms with E-state index in [2.05, 4.69) is 10.6 Å². The third-order valence-electron chi connectivity index (χ3n) is 9.86. The van der Waals surface area contributed by atoms with Crippen LogP contribution in [-0.4, -0.2) is 96.6 Å². The highest BCUT2D eigenvalue weighted by atomic mass is 32.2. The van der Waals surface area contributed by atoms with Gasteiger partial charge < -0.3 is 36.2 Å². The molecule has 59 heavy (non-hydrogen) atoms. The first-order chi connectivity index (χ1) is 27.7. The summed E-state index contributed by atoms with van der Waals surface area (Å²) in [5, 5.41) is 58.0. The molecule has 0 saturated heterocycles. The van der Waals surface area contributed by atoms with Gasteiger partial charge in [-0.05, 0) is 50.0 Å². The summed E-state index contributed by atoms with van der Waals surface area (Å²) in [6.07, 6.45) is 11.6. The maximum atomic E-state index is 14.4. The zero-order valence-electron chi connectivity index (χ0n) is 34.0. The number of Topliss-reactive ketones (excluding diaryl/α,β-unsaturated/α-hetero) is 4. The van der Waals surface area contributed by atoms with Crippen molar-refractivity contribution in [2.24, 2.45) is 17.8 Å². The van der Waals surface area contributed by atoms with Gasteiger partial charge in [-0.2, -0.15) is 0 Å². The highest BCUT2D eigenvalue weighted by Crippen LogP contribution is 2.40. The number of ketones is 4. The number of carboxylic acids is 1. The van der Waals surface area contributed by atoms with Crippen molar-refractivity contribution in [1.29, 1.82) is 0 Å². The highest BCUT2D eigenvalue weighted by Gasteiger charge is 2.39. The van der Waals surface area contributed by atoms with Crippen molar-refractivity contribution in [3.05, 3.63) is 111 Å². The number of hydrogen-bond acceptors (Lipinski definition) is 12. The molecule has 0 saturated carbocycles. The largest absolute Gasteiger partial charge is 0.507 e. The zero-order valence-corrected chi connectivity index (χ0v) is 34.8. The number of hydrogen-bond donors (Lipinski definition) is 7. The van der Waals surface area contributed by atoms with Crippen LogP contribution >= 0.6 is 11.8 Å². The van der Waals surface area contributed by atoms with E-state index in [1.54, 1.807) is 58.1 Å². The second-order valence-corrected chi connectivity index (χ2v) is 15.8. The normalized spacial score (nSPS) is 24.8. The smallest absolute Gasteiger partial charge is 0.327 e. The predicted molar refractivity (Wildman–Crippen MR) is 223 cm³/mol. The molecule has 2 aliphatic heterocycles. The van der Waals surface area contributed by atoms with Gasteiger partial charge in [-0.3, -0.25) is 28.8 Å². The highest BCUT2D eigenvalue weighted by molar-refractivity contribution is 8.04. The average Bonchev–Trinajstić information content (AvgIpc) is 3.17. The summed E-state index contributed by atoms with van der Waals surface area (Å²) in [5.74, 6) is -8.71. The number of rotatable bonds is 5. The summed E-state index contributed by atoms with van der Waals surface area (Å²) in [7, 11) is 0. The number of phenolic OH excluding ortho intramolecular Hbond substituents is 1. The number of thioether (sulfide) groups is 1. The molecule has 0 fully saturated rings. The summed E-state index contributed by atoms with van der Waals surface area (Å²) in [5.41, 5.74) is -1.35. The predicted octanol–water partition coefficient (Wildman–Crippen LogP) is 4.38. The van der Waals surface area contributed by atoms with Gasteiger partial charge in [0, 0.05) is 54.1 Å². The standard InChI is InChI=1S/C44H52N2O12S/c1-22-12-10-8-9-11-13-34(51)46-37-41(55)30-19-27(6)40(54)36(35(30)42(56)43(37)59-21-31(44(57)58)45-28(7)47)39(53)26(5)18-25(4)38(52)24(3)15-17-29(48)16-14-23(2)33(50)20-32(22)49/h8-15,17-19,22,24-25,29,31-32,38,48-49,52,54H,16,20-21H2,1-7H3,(H,45,47)(H,46,51)(H,57,58)/t22-,24-,25-,29-,31+,32-,38-/m0/s1. The maximum Gasteiger partial charge on any atom is 0.327 e. The second kappa shape index (κ2) is 21.5. The molecule has 2 heterocycles. The first-order valence-corrected chi connectivity index (χ1v) is 20.0. The third kappa shape index (κ3) is 12.8. The Kier molecular flexibility index (Phi) is 17.5. The molecule has 1 aliphatic carbocycles. The number of aliphatic carboxylic acids is 1. The van der Waals surface area contributed by atoms with E-state index < -0.39 is 110 Å². The quantitative estimate of drug-likeness (QED) is 0.204. The SMILES string of the molecule is CC(=O)N[C@H](CSC1=C2NC(=O)C=CC=CC=C[C@H](C)[C@@H](O)CC(=O)C(C)=CC[C@H](O)C=C[C@H](C)[C@H](O)[C@@H](C)C=C(C)C(=O)c3c(O)c(C)cc(c3C1=O)C2=O)C(=O)O. The van der Waals surface area contributed by atoms with Crippen LogP contribution in [0.3, 0.4) is 0 Å². The second-order valence-electron chi connectivity index (χ2n) is 14.7. The monoisotopic (exact) mass is 832 g/mol. The van der Waals surface area contributed by atoms with Gasteiger partial charge in [0.25, 0.3) is 0 Å². The van der Waals surface area contributed by atoms with Gasteiger partial charge in [0.1, 0.15) is 17.5 Å².